The molecule has 11 heteroatoms. The highest BCUT2D eigenvalue weighted by Gasteiger charge is 2.17. The molecule has 1 aromatic heterocycles. The van der Waals surface area contributed by atoms with Gasteiger partial charge in [0.05, 0.1) is 11.8 Å². The summed E-state index contributed by atoms with van der Waals surface area (Å²) in [7, 11) is -1.04. The first-order valence-corrected chi connectivity index (χ1v) is 12.1. The van der Waals surface area contributed by atoms with E-state index in [2.05, 4.69) is 10.0 Å². The fourth-order valence-corrected chi connectivity index (χ4v) is 4.09. The van der Waals surface area contributed by atoms with Crippen molar-refractivity contribution in [3.63, 3.8) is 0 Å². The van der Waals surface area contributed by atoms with E-state index >= 15 is 0 Å². The Labute approximate surface area is 209 Å². The second kappa shape index (κ2) is 11.1. The Bertz CT molecular complexity index is 1410. The van der Waals surface area contributed by atoms with E-state index in [0.717, 1.165) is 26.2 Å². The van der Waals surface area contributed by atoms with Crippen LogP contribution in [0.25, 0.3) is 21.9 Å². The Morgan fingerprint density at radius 3 is 2.54 bits per heavy atom. The van der Waals surface area contributed by atoms with Crippen LogP contribution in [0.3, 0.4) is 0 Å². The molecule has 1 atom stereocenters. The number of hydrogen-bond donors (Lipinski definition) is 4. The van der Waals surface area contributed by atoms with E-state index < -0.39 is 16.3 Å². The van der Waals surface area contributed by atoms with Gasteiger partial charge in [-0.05, 0) is 35.9 Å². The molecule has 0 spiro atoms. The maximum Gasteiger partial charge on any atom is 0.301 e. The number of furan rings is 1. The number of aliphatic hydroxyl groups is 1. The smallest absolute Gasteiger partial charge is 0.301 e. The lowest BCUT2D eigenvalue weighted by Crippen LogP contribution is -2.29. The van der Waals surface area contributed by atoms with Gasteiger partial charge in [-0.15, -0.1) is 12.4 Å². The Kier molecular flexibility index (Phi) is 8.47. The summed E-state index contributed by atoms with van der Waals surface area (Å²) >= 11 is 0. The Morgan fingerprint density at radius 1 is 1.03 bits per heavy atom. The minimum atomic E-state index is -3.79. The highest BCUT2D eigenvalue weighted by atomic mass is 35.5. The third-order valence-corrected chi connectivity index (χ3v) is 6.80. The van der Waals surface area contributed by atoms with Crippen molar-refractivity contribution < 1.29 is 27.8 Å². The molecule has 0 radical (unpaired) electrons. The molecule has 0 fully saturated rings. The zero-order valence-corrected chi connectivity index (χ0v) is 20.9. The van der Waals surface area contributed by atoms with Crippen LogP contribution in [0.4, 0.5) is 5.69 Å². The predicted molar refractivity (Wildman–Crippen MR) is 139 cm³/mol. The number of rotatable bonds is 10. The molecule has 9 nitrogen and oxygen atoms in total. The van der Waals surface area contributed by atoms with Gasteiger partial charge in [0.25, 0.3) is 0 Å². The van der Waals surface area contributed by atoms with Crippen LogP contribution in [0, 0.1) is 0 Å². The summed E-state index contributed by atoms with van der Waals surface area (Å²) in [6.07, 6.45) is -0.907. The Morgan fingerprint density at radius 2 is 1.77 bits per heavy atom. The normalized spacial score (nSPS) is 12.6. The SMILES string of the molecule is CN(C)S(=O)(=O)Nc1cc([C@@H](O)CNCCOc2ccc3c(c2)oc2ccccc23)ccc1O.Cl. The molecule has 0 unspecified atom stereocenters. The third kappa shape index (κ3) is 6.16. The van der Waals surface area contributed by atoms with Crippen molar-refractivity contribution in [1.29, 1.82) is 0 Å². The van der Waals surface area contributed by atoms with E-state index in [-0.39, 0.29) is 30.4 Å². The van der Waals surface area contributed by atoms with Gasteiger partial charge in [-0.2, -0.15) is 12.7 Å². The number of phenols is 1. The molecule has 0 saturated heterocycles. The molecule has 0 aliphatic carbocycles. The molecule has 188 valence electrons. The van der Waals surface area contributed by atoms with Crippen molar-refractivity contribution in [2.24, 2.45) is 0 Å². The van der Waals surface area contributed by atoms with Gasteiger partial charge in [0.15, 0.2) is 0 Å². The molecule has 3 aromatic carbocycles. The topological polar surface area (TPSA) is 124 Å². The highest BCUT2D eigenvalue weighted by Crippen LogP contribution is 2.31. The lowest BCUT2D eigenvalue weighted by atomic mass is 10.1. The summed E-state index contributed by atoms with van der Waals surface area (Å²) in [4.78, 5) is 0. The van der Waals surface area contributed by atoms with E-state index in [1.165, 1.54) is 32.3 Å². The lowest BCUT2D eigenvalue weighted by Gasteiger charge is -2.17. The van der Waals surface area contributed by atoms with Gasteiger partial charge in [-0.3, -0.25) is 4.72 Å². The first kappa shape index (κ1) is 26.6. The van der Waals surface area contributed by atoms with Crippen molar-refractivity contribution in [1.82, 2.24) is 9.62 Å². The van der Waals surface area contributed by atoms with E-state index in [0.29, 0.717) is 24.5 Å². The summed E-state index contributed by atoms with van der Waals surface area (Å²) in [6.45, 7) is 1.08. The van der Waals surface area contributed by atoms with E-state index in [4.69, 9.17) is 9.15 Å². The predicted octanol–water partition coefficient (Wildman–Crippen LogP) is 3.63. The molecule has 0 aliphatic rings. The number of phenolic OH excluding ortho intramolecular Hbond substituents is 1. The minimum Gasteiger partial charge on any atom is -0.506 e. The molecule has 0 aliphatic heterocycles. The Balaban J connectivity index is 0.00000342. The summed E-state index contributed by atoms with van der Waals surface area (Å²) in [6, 6.07) is 17.9. The van der Waals surface area contributed by atoms with Crippen LogP contribution in [0.5, 0.6) is 11.5 Å². The monoisotopic (exact) mass is 521 g/mol. The number of hydrogen-bond acceptors (Lipinski definition) is 7. The number of aliphatic hydroxyl groups excluding tert-OH is 1. The van der Waals surface area contributed by atoms with Crippen LogP contribution in [-0.4, -0.2) is 56.7 Å². The number of aromatic hydroxyl groups is 1. The first-order valence-electron chi connectivity index (χ1n) is 10.7. The number of anilines is 1. The average molecular weight is 522 g/mol. The minimum absolute atomic E-state index is 0. The van der Waals surface area contributed by atoms with Crippen molar-refractivity contribution in [2.75, 3.05) is 38.5 Å². The summed E-state index contributed by atoms with van der Waals surface area (Å²) in [5.41, 5.74) is 2.04. The fourth-order valence-electron chi connectivity index (χ4n) is 3.47. The molecule has 4 rings (SSSR count). The van der Waals surface area contributed by atoms with Crippen LogP contribution in [0.15, 0.2) is 65.1 Å². The van der Waals surface area contributed by atoms with Crippen LogP contribution in [-0.2, 0) is 10.2 Å². The molecule has 35 heavy (non-hydrogen) atoms. The molecule has 4 N–H and O–H groups in total. The molecule has 0 amide bonds. The van der Waals surface area contributed by atoms with Crippen LogP contribution in [0.1, 0.15) is 11.7 Å². The van der Waals surface area contributed by atoms with Gasteiger partial charge in [0.2, 0.25) is 0 Å². The number of ether oxygens (including phenoxy) is 1. The quantitative estimate of drug-likeness (QED) is 0.185. The van der Waals surface area contributed by atoms with Crippen molar-refractivity contribution >= 4 is 50.2 Å². The summed E-state index contributed by atoms with van der Waals surface area (Å²) in [5.74, 6) is 0.453. The van der Waals surface area contributed by atoms with Gasteiger partial charge in [0, 0.05) is 44.0 Å². The van der Waals surface area contributed by atoms with Crippen molar-refractivity contribution in [2.45, 2.75) is 6.10 Å². The average Bonchev–Trinajstić information content (AvgIpc) is 3.17. The maximum atomic E-state index is 12.0. The zero-order chi connectivity index (χ0) is 24.3. The van der Waals surface area contributed by atoms with Gasteiger partial charge in [0.1, 0.15) is 29.3 Å². The lowest BCUT2D eigenvalue weighted by molar-refractivity contribution is 0.172. The number of fused-ring (bicyclic) bond motifs is 3. The number of benzene rings is 3. The second-order valence-electron chi connectivity index (χ2n) is 7.99. The number of halogens is 1. The molecular formula is C24H28ClN3O6S. The summed E-state index contributed by atoms with van der Waals surface area (Å²) < 4.78 is 39.0. The standard InChI is InChI=1S/C24H27N3O6S.ClH/c1-27(2)34(30,31)26-20-13-16(7-10-21(20)28)22(29)15-25-11-12-32-17-8-9-19-18-5-3-4-6-23(18)33-24(19)14-17;/h3-10,13-14,22,25-26,28-29H,11-12,15H2,1-2H3;1H/t22-;/m0./s1. The summed E-state index contributed by atoms with van der Waals surface area (Å²) in [5, 5.41) is 25.6. The maximum absolute atomic E-state index is 12.0. The molecular weight excluding hydrogens is 494 g/mol. The van der Waals surface area contributed by atoms with E-state index in [1.54, 1.807) is 0 Å². The number of nitrogens with one attached hydrogen (secondary N) is 2. The molecule has 1 heterocycles. The van der Waals surface area contributed by atoms with Crippen LogP contribution >= 0.6 is 12.4 Å². The van der Waals surface area contributed by atoms with Gasteiger partial charge < -0.3 is 24.7 Å². The van der Waals surface area contributed by atoms with Crippen LogP contribution in [0.2, 0.25) is 0 Å². The fraction of sp³-hybridized carbons (Fsp3) is 0.250. The van der Waals surface area contributed by atoms with Gasteiger partial charge in [-0.1, -0.05) is 24.3 Å². The highest BCUT2D eigenvalue weighted by molar-refractivity contribution is 7.90. The second-order valence-corrected chi connectivity index (χ2v) is 9.88. The molecule has 0 saturated carbocycles. The molecule has 4 aromatic rings. The van der Waals surface area contributed by atoms with Gasteiger partial charge >= 0.3 is 10.2 Å². The first-order chi connectivity index (χ1) is 16.2. The molecule has 0 bridgehead atoms. The number of nitrogens with zero attached hydrogens (tertiary/aromatic N) is 1. The van der Waals surface area contributed by atoms with E-state index in [9.17, 15) is 18.6 Å². The van der Waals surface area contributed by atoms with Crippen LogP contribution < -0.4 is 14.8 Å². The Hall–Kier alpha value is -3.02. The zero-order valence-electron chi connectivity index (χ0n) is 19.3. The van der Waals surface area contributed by atoms with Gasteiger partial charge in [-0.25, -0.2) is 0 Å². The van der Waals surface area contributed by atoms with Crippen molar-refractivity contribution in [3.05, 3.63) is 66.2 Å². The largest absolute Gasteiger partial charge is 0.506 e. The van der Waals surface area contributed by atoms with Crippen molar-refractivity contribution in [3.8, 4) is 11.5 Å². The van der Waals surface area contributed by atoms with E-state index in [1.807, 2.05) is 42.5 Å². The number of para-hydroxylation sites is 1. The third-order valence-electron chi connectivity index (χ3n) is 5.36.